The normalized spacial score (nSPS) is 27.2. The number of ether oxygens (including phenoxy) is 1. The molecule has 0 unspecified atom stereocenters. The van der Waals surface area contributed by atoms with Gasteiger partial charge in [-0.25, -0.2) is 13.4 Å². The van der Waals surface area contributed by atoms with Crippen molar-refractivity contribution >= 4 is 66.0 Å². The minimum Gasteiger partial charge on any atom is -0.465 e. The lowest BCUT2D eigenvalue weighted by Gasteiger charge is -2.29. The Morgan fingerprint density at radius 3 is 2.50 bits per heavy atom. The Balaban J connectivity index is 0.00000110. The molecule has 2 aromatic carbocycles. The van der Waals surface area contributed by atoms with Gasteiger partial charge in [0, 0.05) is 25.7 Å². The highest BCUT2D eigenvalue weighted by molar-refractivity contribution is 7.90. The van der Waals surface area contributed by atoms with Crippen LogP contribution in [0.3, 0.4) is 0 Å². The number of para-hydroxylation sites is 1. The van der Waals surface area contributed by atoms with Crippen molar-refractivity contribution in [2.75, 3.05) is 6.54 Å². The Labute approximate surface area is 314 Å². The molecule has 5 atom stereocenters. The van der Waals surface area contributed by atoms with Crippen LogP contribution in [-0.4, -0.2) is 65.1 Å². The molecule has 2 saturated carbocycles. The number of Topliss-reactive ketones (excluding diaryl/α,β-unsaturated/α-hetero) is 1. The van der Waals surface area contributed by atoms with Gasteiger partial charge in [0.2, 0.25) is 27.1 Å². The minimum absolute atomic E-state index is 0.0464. The summed E-state index contributed by atoms with van der Waals surface area (Å²) in [4.78, 5) is 58.0. The number of carbonyl (C=O) groups is 4. The molecule has 0 bridgehead atoms. The molecule has 1 saturated heterocycles. The van der Waals surface area contributed by atoms with Gasteiger partial charge in [-0.15, -0.1) is 0 Å². The molecule has 2 amide bonds. The van der Waals surface area contributed by atoms with Crippen molar-refractivity contribution in [3.05, 3.63) is 72.3 Å². The van der Waals surface area contributed by atoms with Gasteiger partial charge in [0.05, 0.1) is 33.5 Å². The summed E-state index contributed by atoms with van der Waals surface area (Å²) < 4.78 is 35.3. The van der Waals surface area contributed by atoms with Crippen LogP contribution >= 0.6 is 22.9 Å². The quantitative estimate of drug-likeness (QED) is 0.196. The summed E-state index contributed by atoms with van der Waals surface area (Å²) in [5, 5.41) is -0.405. The number of aromatic nitrogens is 1. The fourth-order valence-corrected chi connectivity index (χ4v) is 9.70. The molecule has 3 heterocycles. The SMILES string of the molecule is CC(=O)Cl.O=C1C[C@]2(C(=O)NS(=O)(=O)C3CC3)C[C@H]2/C=C\CCCCC[C@H](CCc2ccccc2)C(=O)N2C[C@H](Oc3nc4ccccc4s3)C[C@@H]12. The molecule has 52 heavy (non-hydrogen) atoms. The third-order valence-electron chi connectivity index (χ3n) is 10.5. The number of nitrogens with one attached hydrogen (secondary N) is 1. The molecule has 0 spiro atoms. The number of rotatable bonds is 8. The highest BCUT2D eigenvalue weighted by atomic mass is 35.5. The van der Waals surface area contributed by atoms with Crippen molar-refractivity contribution in [1.82, 2.24) is 14.6 Å². The molecule has 2 aliphatic carbocycles. The van der Waals surface area contributed by atoms with Gasteiger partial charge in [-0.05, 0) is 86.6 Å². The maximum Gasteiger partial charge on any atom is 0.274 e. The van der Waals surface area contributed by atoms with Crippen LogP contribution in [0.2, 0.25) is 0 Å². The van der Waals surface area contributed by atoms with Gasteiger partial charge in [0.15, 0.2) is 5.78 Å². The van der Waals surface area contributed by atoms with Crippen LogP contribution in [0.5, 0.6) is 5.19 Å². The molecule has 0 radical (unpaired) electrons. The van der Waals surface area contributed by atoms with Crippen LogP contribution in [-0.2, 0) is 35.6 Å². The van der Waals surface area contributed by atoms with E-state index < -0.39 is 38.7 Å². The van der Waals surface area contributed by atoms with Crippen LogP contribution in [0.4, 0.5) is 0 Å². The van der Waals surface area contributed by atoms with E-state index in [0.717, 1.165) is 48.7 Å². The molecule has 3 aromatic rings. The van der Waals surface area contributed by atoms with E-state index in [-0.39, 0.29) is 41.7 Å². The molecule has 1 N–H and O–H groups in total. The first-order chi connectivity index (χ1) is 24.9. The van der Waals surface area contributed by atoms with Gasteiger partial charge < -0.3 is 9.64 Å². The van der Waals surface area contributed by atoms with E-state index in [2.05, 4.69) is 39.5 Å². The number of allylic oxidation sites excluding steroid dienone is 2. The van der Waals surface area contributed by atoms with E-state index in [1.165, 1.54) is 23.8 Å². The summed E-state index contributed by atoms with van der Waals surface area (Å²) in [6.07, 6.45) is 11.2. The smallest absolute Gasteiger partial charge is 0.274 e. The Morgan fingerprint density at radius 2 is 1.77 bits per heavy atom. The van der Waals surface area contributed by atoms with E-state index in [1.807, 2.05) is 48.5 Å². The molecule has 10 nitrogen and oxygen atoms in total. The number of nitrogens with zero attached hydrogens (tertiary/aromatic N) is 2. The van der Waals surface area contributed by atoms with Gasteiger partial charge in [-0.2, -0.15) is 0 Å². The lowest BCUT2D eigenvalue weighted by atomic mass is 9.90. The molecule has 3 fully saturated rings. The summed E-state index contributed by atoms with van der Waals surface area (Å²) in [7, 11) is -3.77. The van der Waals surface area contributed by atoms with E-state index >= 15 is 0 Å². The second-order valence-electron chi connectivity index (χ2n) is 14.5. The number of amides is 2. The Morgan fingerprint density at radius 1 is 1.04 bits per heavy atom. The highest BCUT2D eigenvalue weighted by Crippen LogP contribution is 2.57. The van der Waals surface area contributed by atoms with E-state index in [0.29, 0.717) is 37.3 Å². The molecule has 1 aromatic heterocycles. The van der Waals surface area contributed by atoms with E-state index in [1.54, 1.807) is 4.90 Å². The van der Waals surface area contributed by atoms with Crippen LogP contribution in [0.25, 0.3) is 10.2 Å². The largest absolute Gasteiger partial charge is 0.465 e. The Hall–Kier alpha value is -3.61. The molecule has 278 valence electrons. The first kappa shape index (κ1) is 38.1. The average molecular weight is 768 g/mol. The molecule has 4 aliphatic rings. The fraction of sp³-hybridized carbons (Fsp3) is 0.513. The predicted molar refractivity (Wildman–Crippen MR) is 201 cm³/mol. The topological polar surface area (TPSA) is 140 Å². The van der Waals surface area contributed by atoms with E-state index in [4.69, 9.17) is 4.74 Å². The monoisotopic (exact) mass is 767 g/mol. The number of benzene rings is 2. The number of halogens is 1. The number of aryl methyl sites for hydroxylation is 1. The molecule has 2 aliphatic heterocycles. The molecular formula is C39H46ClN3O7S2. The van der Waals surface area contributed by atoms with Crippen molar-refractivity contribution in [2.24, 2.45) is 17.3 Å². The van der Waals surface area contributed by atoms with Crippen molar-refractivity contribution in [2.45, 2.75) is 101 Å². The number of thiazole rings is 1. The lowest BCUT2D eigenvalue weighted by Crippen LogP contribution is -2.46. The van der Waals surface area contributed by atoms with E-state index in [9.17, 15) is 27.6 Å². The zero-order valence-electron chi connectivity index (χ0n) is 29.4. The lowest BCUT2D eigenvalue weighted by molar-refractivity contribution is -0.142. The third kappa shape index (κ3) is 9.48. The maximum absolute atomic E-state index is 14.5. The third-order valence-corrected chi connectivity index (χ3v) is 13.2. The minimum atomic E-state index is -3.77. The second-order valence-corrected chi connectivity index (χ2v) is 18.0. The summed E-state index contributed by atoms with van der Waals surface area (Å²) in [6.45, 7) is 1.55. The number of hydrogen-bond donors (Lipinski definition) is 1. The number of fused-ring (bicyclic) bond motifs is 3. The van der Waals surface area contributed by atoms with Crippen LogP contribution in [0.15, 0.2) is 66.7 Å². The second kappa shape index (κ2) is 16.6. The van der Waals surface area contributed by atoms with Crippen molar-refractivity contribution < 1.29 is 32.3 Å². The van der Waals surface area contributed by atoms with Gasteiger partial charge in [0.25, 0.3) is 5.19 Å². The highest BCUT2D eigenvalue weighted by Gasteiger charge is 2.61. The Kier molecular flexibility index (Phi) is 12.2. The summed E-state index contributed by atoms with van der Waals surface area (Å²) >= 11 is 6.07. The molecule has 7 rings (SSSR count). The van der Waals surface area contributed by atoms with Crippen LogP contribution in [0, 0.1) is 17.3 Å². The number of carbonyl (C=O) groups excluding carboxylic acids is 4. The summed E-state index contributed by atoms with van der Waals surface area (Å²) in [6, 6.07) is 17.2. The summed E-state index contributed by atoms with van der Waals surface area (Å²) in [5.41, 5.74) is 0.870. The number of ketones is 1. The van der Waals surface area contributed by atoms with Crippen LogP contribution in [0.1, 0.15) is 83.1 Å². The summed E-state index contributed by atoms with van der Waals surface area (Å²) in [5.74, 6) is -1.34. The van der Waals surface area contributed by atoms with Crippen molar-refractivity contribution in [1.29, 1.82) is 0 Å². The molecule has 13 heteroatoms. The zero-order valence-corrected chi connectivity index (χ0v) is 31.8. The molecular weight excluding hydrogens is 722 g/mol. The maximum atomic E-state index is 14.5. The van der Waals surface area contributed by atoms with Gasteiger partial charge in [-0.3, -0.25) is 23.9 Å². The standard InChI is InChI=1S/C37H43N3O6S2.C2H3ClO/c41-32-23-37(35(43)39-48(44,45)29-19-20-29)22-27(37)14-8-3-1-2-7-13-26(18-17-25-11-5-4-6-12-25)34(42)40-24-28(21-31(32)40)46-36-38-30-15-9-10-16-33(30)47-36;1-2(3)4/h4-6,8-12,14-16,26-29,31H,1-3,7,13,17-24H2,(H,39,43);1H3/b14-8-;/t26-,27-,28-,31+,37-;/m1./s1. The zero-order chi connectivity index (χ0) is 36.9. The Bertz CT molecular complexity index is 1880. The number of sulfonamides is 1. The van der Waals surface area contributed by atoms with Gasteiger partial charge >= 0.3 is 0 Å². The van der Waals surface area contributed by atoms with Gasteiger partial charge in [-0.1, -0.05) is 78.8 Å². The van der Waals surface area contributed by atoms with Crippen molar-refractivity contribution in [3.63, 3.8) is 0 Å². The van der Waals surface area contributed by atoms with Crippen LogP contribution < -0.4 is 9.46 Å². The predicted octanol–water partition coefficient (Wildman–Crippen LogP) is 6.76. The van der Waals surface area contributed by atoms with Gasteiger partial charge in [0.1, 0.15) is 6.10 Å². The average Bonchev–Trinajstić information content (AvgIpc) is 4.00. The first-order valence-electron chi connectivity index (χ1n) is 18.2. The fourth-order valence-electron chi connectivity index (χ4n) is 7.43. The first-order valence-corrected chi connectivity index (χ1v) is 21.0. The number of hydrogen-bond acceptors (Lipinski definition) is 9. The van der Waals surface area contributed by atoms with Crippen molar-refractivity contribution in [3.8, 4) is 5.19 Å².